The van der Waals surface area contributed by atoms with Crippen LogP contribution in [0.3, 0.4) is 0 Å². The summed E-state index contributed by atoms with van der Waals surface area (Å²) in [5, 5.41) is 19.8. The molecule has 2 N–H and O–H groups in total. The van der Waals surface area contributed by atoms with Gasteiger partial charge in [0.2, 0.25) is 10.0 Å². The smallest absolute Gasteiger partial charge is 0.325 e. The number of carboxylic acid groups (broad SMARTS) is 1. The van der Waals surface area contributed by atoms with Crippen LogP contribution in [0.1, 0.15) is 20.3 Å². The van der Waals surface area contributed by atoms with E-state index in [9.17, 15) is 33.2 Å². The average Bonchev–Trinajstić information content (AvgIpc) is 2.54. The van der Waals surface area contributed by atoms with Gasteiger partial charge in [-0.05, 0) is 25.5 Å². The lowest BCUT2D eigenvalue weighted by Crippen LogP contribution is -2.49. The minimum atomic E-state index is -4.29. The van der Waals surface area contributed by atoms with Crippen LogP contribution in [0.2, 0.25) is 0 Å². The maximum absolute atomic E-state index is 12.4. The molecular formula is C14H18N2O8S. The highest BCUT2D eigenvalue weighted by molar-refractivity contribution is 7.89. The first-order chi connectivity index (χ1) is 11.6. The Bertz CT molecular complexity index is 745. The second-order valence-corrected chi connectivity index (χ2v) is 6.67. The summed E-state index contributed by atoms with van der Waals surface area (Å²) in [7, 11) is -4.29. The predicted molar refractivity (Wildman–Crippen MR) is 85.3 cm³/mol. The fourth-order valence-corrected chi connectivity index (χ4v) is 3.29. The summed E-state index contributed by atoms with van der Waals surface area (Å²) >= 11 is 0. The number of aliphatic carboxylic acids is 1. The molecule has 0 spiro atoms. The van der Waals surface area contributed by atoms with Crippen LogP contribution >= 0.6 is 0 Å². The summed E-state index contributed by atoms with van der Waals surface area (Å²) in [5.41, 5.74) is -0.308. The highest BCUT2D eigenvalue weighted by Crippen LogP contribution is 2.18. The third-order valence-electron chi connectivity index (χ3n) is 3.34. The van der Waals surface area contributed by atoms with E-state index >= 15 is 0 Å². The third-order valence-corrected chi connectivity index (χ3v) is 4.80. The van der Waals surface area contributed by atoms with Gasteiger partial charge in [0.1, 0.15) is 6.04 Å². The third kappa shape index (κ3) is 5.22. The normalized spacial score (nSPS) is 13.7. The molecule has 0 fully saturated rings. The fourth-order valence-electron chi connectivity index (χ4n) is 2.06. The molecule has 0 saturated heterocycles. The molecule has 0 unspecified atom stereocenters. The number of carbonyl (C=O) groups excluding carboxylic acids is 1. The van der Waals surface area contributed by atoms with E-state index in [-0.39, 0.29) is 23.6 Å². The molecule has 0 saturated carbocycles. The van der Waals surface area contributed by atoms with Crippen molar-refractivity contribution in [2.45, 2.75) is 31.2 Å². The molecule has 0 radical (unpaired) electrons. The second-order valence-electron chi connectivity index (χ2n) is 4.95. The number of benzene rings is 1. The lowest BCUT2D eigenvalue weighted by Gasteiger charge is -2.22. The van der Waals surface area contributed by atoms with Gasteiger partial charge in [0.05, 0.1) is 22.3 Å². The summed E-state index contributed by atoms with van der Waals surface area (Å²) in [4.78, 5) is 32.9. The van der Waals surface area contributed by atoms with E-state index < -0.39 is 38.8 Å². The van der Waals surface area contributed by atoms with Crippen LogP contribution in [0.4, 0.5) is 5.69 Å². The van der Waals surface area contributed by atoms with Gasteiger partial charge in [0.15, 0.2) is 0 Å². The van der Waals surface area contributed by atoms with Crippen LogP contribution in [0.5, 0.6) is 0 Å². The number of carbonyl (C=O) groups is 2. The number of hydrogen-bond acceptors (Lipinski definition) is 7. The zero-order valence-corrected chi connectivity index (χ0v) is 14.4. The Hall–Kier alpha value is -2.53. The highest BCUT2D eigenvalue weighted by Gasteiger charge is 2.37. The molecule has 1 rings (SSSR count). The van der Waals surface area contributed by atoms with Crippen molar-refractivity contribution in [3.63, 3.8) is 0 Å². The summed E-state index contributed by atoms with van der Waals surface area (Å²) in [6, 6.07) is 2.34. The largest absolute Gasteiger partial charge is 0.481 e. The van der Waals surface area contributed by atoms with E-state index in [1.165, 1.54) is 13.8 Å². The number of nitro benzene ring substituents is 1. The Balaban J connectivity index is 3.18. The van der Waals surface area contributed by atoms with Crippen LogP contribution in [0.15, 0.2) is 29.2 Å². The molecule has 0 bridgehead atoms. The molecule has 0 aliphatic carbocycles. The number of nitrogens with zero attached hydrogens (tertiary/aromatic N) is 1. The number of ether oxygens (including phenoxy) is 1. The van der Waals surface area contributed by atoms with E-state index in [0.717, 1.165) is 24.3 Å². The number of sulfonamides is 1. The monoisotopic (exact) mass is 374 g/mol. The van der Waals surface area contributed by atoms with Crippen LogP contribution in [-0.4, -0.2) is 43.0 Å². The minimum absolute atomic E-state index is 0.0123. The zero-order valence-electron chi connectivity index (χ0n) is 13.5. The average molecular weight is 374 g/mol. The highest BCUT2D eigenvalue weighted by atomic mass is 32.2. The van der Waals surface area contributed by atoms with Crippen molar-refractivity contribution in [2.75, 3.05) is 6.61 Å². The number of esters is 1. The Morgan fingerprint density at radius 1 is 1.28 bits per heavy atom. The fraction of sp³-hybridized carbons (Fsp3) is 0.429. The van der Waals surface area contributed by atoms with Crippen molar-refractivity contribution >= 4 is 27.6 Å². The van der Waals surface area contributed by atoms with E-state index in [0.29, 0.717) is 0 Å². The Morgan fingerprint density at radius 2 is 1.84 bits per heavy atom. The molecule has 0 aliphatic heterocycles. The maximum atomic E-state index is 12.4. The molecular weight excluding hydrogens is 356 g/mol. The summed E-state index contributed by atoms with van der Waals surface area (Å²) < 4.78 is 31.6. The molecule has 25 heavy (non-hydrogen) atoms. The van der Waals surface area contributed by atoms with Gasteiger partial charge in [-0.3, -0.25) is 19.7 Å². The number of nitro groups is 1. The maximum Gasteiger partial charge on any atom is 0.325 e. The molecule has 0 aromatic heterocycles. The Kier molecular flexibility index (Phi) is 7.00. The number of nitrogens with one attached hydrogen (secondary N) is 1. The van der Waals surface area contributed by atoms with Crippen LogP contribution in [0, 0.1) is 16.0 Å². The first kappa shape index (κ1) is 20.5. The van der Waals surface area contributed by atoms with Gasteiger partial charge in [-0.1, -0.05) is 6.92 Å². The van der Waals surface area contributed by atoms with Gasteiger partial charge in [0.25, 0.3) is 5.69 Å². The summed E-state index contributed by atoms with van der Waals surface area (Å²) in [5.74, 6) is -3.69. The zero-order chi connectivity index (χ0) is 19.2. The topological polar surface area (TPSA) is 153 Å². The van der Waals surface area contributed by atoms with Crippen LogP contribution in [-0.2, 0) is 24.3 Å². The molecule has 2 atom stereocenters. The van der Waals surface area contributed by atoms with E-state index in [1.807, 2.05) is 4.72 Å². The van der Waals surface area contributed by atoms with Crippen LogP contribution < -0.4 is 4.72 Å². The molecule has 1 aromatic rings. The van der Waals surface area contributed by atoms with Crippen molar-refractivity contribution in [1.29, 1.82) is 0 Å². The van der Waals surface area contributed by atoms with Crippen molar-refractivity contribution in [3.8, 4) is 0 Å². The van der Waals surface area contributed by atoms with Crippen LogP contribution in [0.25, 0.3) is 0 Å². The standard InChI is InChI=1S/C14H18N2O8S/c1-3-11(13(17)18)12(14(19)24-4-2)15-25(22,23)10-7-5-9(6-8-10)16(20)21/h5-8,11-12,15H,3-4H2,1-2H3,(H,17,18)/t11-,12+/m1/s1. The van der Waals surface area contributed by atoms with E-state index in [4.69, 9.17) is 4.74 Å². The molecule has 11 heteroatoms. The van der Waals surface area contributed by atoms with Gasteiger partial charge < -0.3 is 9.84 Å². The predicted octanol–water partition coefficient (Wildman–Crippen LogP) is 0.916. The quantitative estimate of drug-likeness (QED) is 0.367. The number of rotatable bonds is 9. The lowest BCUT2D eigenvalue weighted by molar-refractivity contribution is -0.384. The molecule has 138 valence electrons. The molecule has 10 nitrogen and oxygen atoms in total. The summed E-state index contributed by atoms with van der Waals surface area (Å²) in [6.07, 6.45) is -0.0123. The number of hydrogen-bond donors (Lipinski definition) is 2. The number of non-ortho nitro benzene ring substituents is 1. The SMILES string of the molecule is CCOC(=O)[C@@H](NS(=O)(=O)c1ccc([N+](=O)[O-])cc1)[C@@H](CC)C(=O)O. The lowest BCUT2D eigenvalue weighted by atomic mass is 9.98. The van der Waals surface area contributed by atoms with Gasteiger partial charge in [0, 0.05) is 12.1 Å². The van der Waals surface area contributed by atoms with Gasteiger partial charge >= 0.3 is 11.9 Å². The Morgan fingerprint density at radius 3 is 2.24 bits per heavy atom. The van der Waals surface area contributed by atoms with Crippen molar-refractivity contribution in [2.24, 2.45) is 5.92 Å². The van der Waals surface area contributed by atoms with Gasteiger partial charge in [-0.2, -0.15) is 4.72 Å². The van der Waals surface area contributed by atoms with E-state index in [2.05, 4.69) is 0 Å². The van der Waals surface area contributed by atoms with Crippen molar-refractivity contribution in [3.05, 3.63) is 34.4 Å². The minimum Gasteiger partial charge on any atom is -0.481 e. The van der Waals surface area contributed by atoms with Crippen molar-refractivity contribution < 1.29 is 32.8 Å². The Labute approximate surface area is 144 Å². The molecule has 0 aliphatic rings. The number of carboxylic acids is 1. The van der Waals surface area contributed by atoms with Gasteiger partial charge in [-0.25, -0.2) is 8.42 Å². The first-order valence-electron chi connectivity index (χ1n) is 7.30. The summed E-state index contributed by atoms with van der Waals surface area (Å²) in [6.45, 7) is 2.94. The molecule has 1 aromatic carbocycles. The second kappa shape index (κ2) is 8.53. The molecule has 0 heterocycles. The molecule has 0 amide bonds. The van der Waals surface area contributed by atoms with Crippen molar-refractivity contribution in [1.82, 2.24) is 4.72 Å². The first-order valence-corrected chi connectivity index (χ1v) is 8.78. The van der Waals surface area contributed by atoms with E-state index in [1.54, 1.807) is 0 Å². The van der Waals surface area contributed by atoms with Gasteiger partial charge in [-0.15, -0.1) is 0 Å².